The molecule has 0 aliphatic heterocycles. The molecule has 1 unspecified atom stereocenters. The van der Waals surface area contributed by atoms with Gasteiger partial charge in [-0.1, -0.05) is 0 Å². The van der Waals surface area contributed by atoms with Crippen LogP contribution in [0.1, 0.15) is 29.2 Å². The lowest BCUT2D eigenvalue weighted by Gasteiger charge is -2.15. The third kappa shape index (κ3) is 3.16. The highest BCUT2D eigenvalue weighted by atomic mass is 32.2. The van der Waals surface area contributed by atoms with Gasteiger partial charge >= 0.3 is 0 Å². The van der Waals surface area contributed by atoms with E-state index in [0.717, 1.165) is 34.6 Å². The fraction of sp³-hybridized carbons (Fsp3) is 0.538. The molecule has 0 heterocycles. The molecule has 0 aliphatic carbocycles. The maximum Gasteiger partial charge on any atom is 0.124 e. The van der Waals surface area contributed by atoms with E-state index in [1.165, 1.54) is 0 Å². The smallest absolute Gasteiger partial charge is 0.124 e. The summed E-state index contributed by atoms with van der Waals surface area (Å²) in [6.45, 7) is 4.02. The first kappa shape index (κ1) is 13.4. The van der Waals surface area contributed by atoms with E-state index in [-0.39, 0.29) is 6.10 Å². The van der Waals surface area contributed by atoms with Crippen molar-refractivity contribution in [2.45, 2.75) is 26.4 Å². The van der Waals surface area contributed by atoms with Crippen molar-refractivity contribution in [3.8, 4) is 5.75 Å². The van der Waals surface area contributed by atoms with Gasteiger partial charge in [0.2, 0.25) is 0 Å². The average Bonchev–Trinajstić information content (AvgIpc) is 2.25. The molecule has 1 N–H and O–H groups in total. The third-order valence-corrected chi connectivity index (χ3v) is 3.31. The maximum atomic E-state index is 10.0. The van der Waals surface area contributed by atoms with Gasteiger partial charge in [-0.3, -0.25) is 0 Å². The van der Waals surface area contributed by atoms with Gasteiger partial charge in [0.25, 0.3) is 0 Å². The van der Waals surface area contributed by atoms with Gasteiger partial charge < -0.3 is 9.84 Å². The summed E-state index contributed by atoms with van der Waals surface area (Å²) in [5.74, 6) is 1.89. The minimum absolute atomic E-state index is 0.365. The van der Waals surface area contributed by atoms with Crippen LogP contribution in [0.25, 0.3) is 0 Å². The Bertz CT molecular complexity index is 327. The second kappa shape index (κ2) is 6.16. The number of aryl methyl sites for hydroxylation is 2. The van der Waals surface area contributed by atoms with Gasteiger partial charge in [-0.25, -0.2) is 0 Å². The zero-order valence-electron chi connectivity index (χ0n) is 10.4. The summed E-state index contributed by atoms with van der Waals surface area (Å²) in [5.41, 5.74) is 3.16. The SMILES string of the molecule is COc1c(C)cc(C(O)CCSC)cc1C. The fourth-order valence-corrected chi connectivity index (χ4v) is 2.35. The molecular formula is C13H20O2S. The number of aliphatic hydroxyl groups is 1. The lowest BCUT2D eigenvalue weighted by molar-refractivity contribution is 0.175. The van der Waals surface area contributed by atoms with Gasteiger partial charge in [-0.05, 0) is 61.1 Å². The summed E-state index contributed by atoms with van der Waals surface area (Å²) in [6, 6.07) is 4.02. The van der Waals surface area contributed by atoms with E-state index in [0.29, 0.717) is 0 Å². The van der Waals surface area contributed by atoms with Gasteiger partial charge in [0.15, 0.2) is 0 Å². The fourth-order valence-electron chi connectivity index (χ4n) is 1.89. The van der Waals surface area contributed by atoms with Crippen LogP contribution >= 0.6 is 11.8 Å². The third-order valence-electron chi connectivity index (χ3n) is 2.67. The van der Waals surface area contributed by atoms with Gasteiger partial charge in [-0.2, -0.15) is 11.8 Å². The summed E-state index contributed by atoms with van der Waals surface area (Å²) in [5, 5.41) is 10.0. The average molecular weight is 240 g/mol. The molecule has 3 heteroatoms. The minimum atomic E-state index is -0.365. The van der Waals surface area contributed by atoms with Gasteiger partial charge in [-0.15, -0.1) is 0 Å². The van der Waals surface area contributed by atoms with Crippen molar-refractivity contribution in [1.29, 1.82) is 0 Å². The maximum absolute atomic E-state index is 10.0. The Balaban J connectivity index is 2.90. The van der Waals surface area contributed by atoms with Gasteiger partial charge in [0.05, 0.1) is 13.2 Å². The first-order valence-corrected chi connectivity index (χ1v) is 6.81. The molecule has 1 rings (SSSR count). The van der Waals surface area contributed by atoms with E-state index in [1.54, 1.807) is 18.9 Å². The van der Waals surface area contributed by atoms with Crippen molar-refractivity contribution in [2.75, 3.05) is 19.1 Å². The summed E-state index contributed by atoms with van der Waals surface area (Å²) in [4.78, 5) is 0. The number of hydrogen-bond acceptors (Lipinski definition) is 3. The molecule has 0 aliphatic rings. The normalized spacial score (nSPS) is 12.6. The van der Waals surface area contributed by atoms with Crippen molar-refractivity contribution >= 4 is 11.8 Å². The Morgan fingerprint density at radius 1 is 1.31 bits per heavy atom. The van der Waals surface area contributed by atoms with E-state index in [2.05, 4.69) is 6.26 Å². The van der Waals surface area contributed by atoms with Crippen molar-refractivity contribution in [1.82, 2.24) is 0 Å². The molecule has 1 aromatic carbocycles. The van der Waals surface area contributed by atoms with Crippen LogP contribution in [0, 0.1) is 13.8 Å². The van der Waals surface area contributed by atoms with E-state index in [1.807, 2.05) is 26.0 Å². The molecule has 1 atom stereocenters. The van der Waals surface area contributed by atoms with Gasteiger partial charge in [0.1, 0.15) is 5.75 Å². The van der Waals surface area contributed by atoms with E-state index in [9.17, 15) is 5.11 Å². The zero-order valence-corrected chi connectivity index (χ0v) is 11.2. The van der Waals surface area contributed by atoms with Crippen LogP contribution < -0.4 is 4.74 Å². The molecule has 0 saturated carbocycles. The number of aliphatic hydroxyl groups excluding tert-OH is 1. The van der Waals surface area contributed by atoms with Crippen LogP contribution in [-0.2, 0) is 0 Å². The summed E-state index contributed by atoms with van der Waals surface area (Å²) < 4.78 is 5.31. The Hall–Kier alpha value is -0.670. The number of thioether (sulfide) groups is 1. The van der Waals surface area contributed by atoms with Crippen molar-refractivity contribution in [3.05, 3.63) is 28.8 Å². The lowest BCUT2D eigenvalue weighted by atomic mass is 10.0. The van der Waals surface area contributed by atoms with E-state index in [4.69, 9.17) is 4.74 Å². The molecule has 1 aromatic rings. The molecular weight excluding hydrogens is 220 g/mol. The Morgan fingerprint density at radius 3 is 2.31 bits per heavy atom. The molecule has 0 fully saturated rings. The monoisotopic (exact) mass is 240 g/mol. The molecule has 0 spiro atoms. The molecule has 0 saturated heterocycles. The van der Waals surface area contributed by atoms with Gasteiger partial charge in [0, 0.05) is 0 Å². The second-order valence-electron chi connectivity index (χ2n) is 3.99. The predicted octanol–water partition coefficient (Wildman–Crippen LogP) is 3.10. The Labute approximate surface area is 102 Å². The standard InChI is InChI=1S/C13H20O2S/c1-9-7-11(12(14)5-6-16-4)8-10(2)13(9)15-3/h7-8,12,14H,5-6H2,1-4H3. The number of rotatable bonds is 5. The highest BCUT2D eigenvalue weighted by Gasteiger charge is 2.11. The highest BCUT2D eigenvalue weighted by Crippen LogP contribution is 2.28. The minimum Gasteiger partial charge on any atom is -0.496 e. The van der Waals surface area contributed by atoms with Crippen LogP contribution in [0.4, 0.5) is 0 Å². The van der Waals surface area contributed by atoms with Crippen LogP contribution in [0.2, 0.25) is 0 Å². The largest absolute Gasteiger partial charge is 0.496 e. The molecule has 0 aromatic heterocycles. The van der Waals surface area contributed by atoms with Crippen molar-refractivity contribution in [2.24, 2.45) is 0 Å². The Morgan fingerprint density at radius 2 is 1.88 bits per heavy atom. The molecule has 2 nitrogen and oxygen atoms in total. The molecule has 0 bridgehead atoms. The van der Waals surface area contributed by atoms with Crippen LogP contribution in [0.15, 0.2) is 12.1 Å². The number of methoxy groups -OCH3 is 1. The number of benzene rings is 1. The highest BCUT2D eigenvalue weighted by molar-refractivity contribution is 7.98. The summed E-state index contributed by atoms with van der Waals surface area (Å²) >= 11 is 1.76. The molecule has 0 amide bonds. The summed E-state index contributed by atoms with van der Waals surface area (Å²) in [7, 11) is 1.68. The summed E-state index contributed by atoms with van der Waals surface area (Å²) in [6.07, 6.45) is 2.49. The van der Waals surface area contributed by atoms with Crippen molar-refractivity contribution < 1.29 is 9.84 Å². The predicted molar refractivity (Wildman–Crippen MR) is 70.4 cm³/mol. The van der Waals surface area contributed by atoms with E-state index >= 15 is 0 Å². The molecule has 90 valence electrons. The zero-order chi connectivity index (χ0) is 12.1. The van der Waals surface area contributed by atoms with Crippen LogP contribution in [0.5, 0.6) is 5.75 Å². The molecule has 0 radical (unpaired) electrons. The lowest BCUT2D eigenvalue weighted by Crippen LogP contribution is -2.01. The number of hydrogen-bond donors (Lipinski definition) is 1. The van der Waals surface area contributed by atoms with Crippen LogP contribution in [-0.4, -0.2) is 24.2 Å². The van der Waals surface area contributed by atoms with Crippen LogP contribution in [0.3, 0.4) is 0 Å². The Kier molecular flexibility index (Phi) is 5.16. The topological polar surface area (TPSA) is 29.5 Å². The first-order valence-electron chi connectivity index (χ1n) is 5.42. The molecule has 16 heavy (non-hydrogen) atoms. The first-order chi connectivity index (χ1) is 7.60. The quantitative estimate of drug-likeness (QED) is 0.857. The van der Waals surface area contributed by atoms with E-state index < -0.39 is 0 Å². The second-order valence-corrected chi connectivity index (χ2v) is 4.97. The number of ether oxygens (including phenoxy) is 1. The van der Waals surface area contributed by atoms with Crippen molar-refractivity contribution in [3.63, 3.8) is 0 Å².